The zero-order valence-electron chi connectivity index (χ0n) is 14.0. The molecule has 6 heteroatoms. The molecule has 0 unspecified atom stereocenters. The van der Waals surface area contributed by atoms with Gasteiger partial charge in [0.2, 0.25) is 5.91 Å². The zero-order chi connectivity index (χ0) is 17.0. The molecule has 0 aliphatic carbocycles. The SMILES string of the molecule is Cc1ccc(C2(O)CCN(C(=O)CCCc3cn[nH]c3)CC2)nc1. The Kier molecular flexibility index (Phi) is 4.94. The van der Waals surface area contributed by atoms with Gasteiger partial charge in [0.05, 0.1) is 11.9 Å². The lowest BCUT2D eigenvalue weighted by Crippen LogP contribution is -2.45. The third-order valence-corrected chi connectivity index (χ3v) is 4.74. The molecule has 1 aliphatic rings. The average molecular weight is 328 g/mol. The van der Waals surface area contributed by atoms with Crippen molar-refractivity contribution >= 4 is 5.91 Å². The van der Waals surface area contributed by atoms with Crippen LogP contribution in [0.5, 0.6) is 0 Å². The number of aliphatic hydroxyl groups is 1. The monoisotopic (exact) mass is 328 g/mol. The zero-order valence-corrected chi connectivity index (χ0v) is 14.0. The van der Waals surface area contributed by atoms with E-state index in [1.165, 1.54) is 0 Å². The van der Waals surface area contributed by atoms with Gasteiger partial charge in [-0.3, -0.25) is 14.9 Å². The second kappa shape index (κ2) is 7.13. The number of likely N-dealkylation sites (tertiary alicyclic amines) is 1. The van der Waals surface area contributed by atoms with E-state index in [-0.39, 0.29) is 5.91 Å². The summed E-state index contributed by atoms with van der Waals surface area (Å²) in [6.45, 7) is 3.14. The number of aromatic nitrogens is 3. The van der Waals surface area contributed by atoms with E-state index in [1.54, 1.807) is 12.4 Å². The highest BCUT2D eigenvalue weighted by atomic mass is 16.3. The summed E-state index contributed by atoms with van der Waals surface area (Å²) >= 11 is 0. The summed E-state index contributed by atoms with van der Waals surface area (Å²) in [7, 11) is 0. The normalized spacial score (nSPS) is 17.0. The predicted octanol–water partition coefficient (Wildman–Crippen LogP) is 1.95. The molecule has 2 aromatic rings. The van der Waals surface area contributed by atoms with Gasteiger partial charge in [0.25, 0.3) is 0 Å². The molecule has 2 aromatic heterocycles. The number of nitrogens with zero attached hydrogens (tertiary/aromatic N) is 3. The number of pyridine rings is 1. The first-order valence-corrected chi connectivity index (χ1v) is 8.48. The van der Waals surface area contributed by atoms with Crippen LogP contribution in [0.15, 0.2) is 30.7 Å². The summed E-state index contributed by atoms with van der Waals surface area (Å²) < 4.78 is 0. The summed E-state index contributed by atoms with van der Waals surface area (Å²) in [6.07, 6.45) is 8.71. The number of aryl methyl sites for hydroxylation is 2. The Morgan fingerprint density at radius 3 is 2.75 bits per heavy atom. The van der Waals surface area contributed by atoms with Crippen LogP contribution >= 0.6 is 0 Å². The summed E-state index contributed by atoms with van der Waals surface area (Å²) in [5, 5.41) is 17.5. The summed E-state index contributed by atoms with van der Waals surface area (Å²) in [6, 6.07) is 3.85. The molecule has 1 saturated heterocycles. The summed E-state index contributed by atoms with van der Waals surface area (Å²) in [5.41, 5.74) is 2.00. The molecule has 1 fully saturated rings. The van der Waals surface area contributed by atoms with Gasteiger partial charge in [-0.15, -0.1) is 0 Å². The topological polar surface area (TPSA) is 82.1 Å². The number of hydrogen-bond acceptors (Lipinski definition) is 4. The molecule has 3 heterocycles. The highest BCUT2D eigenvalue weighted by molar-refractivity contribution is 5.76. The molecule has 0 atom stereocenters. The molecule has 0 saturated carbocycles. The van der Waals surface area contributed by atoms with Crippen LogP contribution in [0.3, 0.4) is 0 Å². The van der Waals surface area contributed by atoms with Gasteiger partial charge in [0, 0.05) is 31.9 Å². The van der Waals surface area contributed by atoms with Gasteiger partial charge in [-0.05, 0) is 49.8 Å². The van der Waals surface area contributed by atoms with Crippen molar-refractivity contribution in [3.05, 3.63) is 47.5 Å². The Balaban J connectivity index is 1.48. The van der Waals surface area contributed by atoms with Crippen molar-refractivity contribution in [3.63, 3.8) is 0 Å². The molecule has 0 bridgehead atoms. The number of hydrogen-bond donors (Lipinski definition) is 2. The molecule has 0 spiro atoms. The first-order valence-electron chi connectivity index (χ1n) is 8.48. The van der Waals surface area contributed by atoms with E-state index in [0.29, 0.717) is 38.0 Å². The van der Waals surface area contributed by atoms with E-state index in [4.69, 9.17) is 0 Å². The molecule has 128 valence electrons. The van der Waals surface area contributed by atoms with Gasteiger partial charge in [-0.25, -0.2) is 0 Å². The predicted molar refractivity (Wildman–Crippen MR) is 90.2 cm³/mol. The number of piperidine rings is 1. The largest absolute Gasteiger partial charge is 0.383 e. The summed E-state index contributed by atoms with van der Waals surface area (Å²) in [4.78, 5) is 18.5. The molecule has 6 nitrogen and oxygen atoms in total. The van der Waals surface area contributed by atoms with Gasteiger partial charge in [0.1, 0.15) is 5.60 Å². The number of rotatable bonds is 5. The first kappa shape index (κ1) is 16.6. The highest BCUT2D eigenvalue weighted by Gasteiger charge is 2.36. The third kappa shape index (κ3) is 3.82. The molecular weight excluding hydrogens is 304 g/mol. The highest BCUT2D eigenvalue weighted by Crippen LogP contribution is 2.31. The minimum atomic E-state index is -0.915. The van der Waals surface area contributed by atoms with Crippen molar-refractivity contribution in [1.29, 1.82) is 0 Å². The molecule has 3 rings (SSSR count). The van der Waals surface area contributed by atoms with Crippen molar-refractivity contribution in [3.8, 4) is 0 Å². The number of H-pyrrole nitrogens is 1. The fraction of sp³-hybridized carbons (Fsp3) is 0.500. The standard InChI is InChI=1S/C18H24N4O2/c1-14-5-6-16(19-11-14)18(24)7-9-22(10-8-18)17(23)4-2-3-15-12-20-21-13-15/h5-6,11-13,24H,2-4,7-10H2,1H3,(H,20,21). The maximum Gasteiger partial charge on any atom is 0.222 e. The van der Waals surface area contributed by atoms with Crippen LogP contribution < -0.4 is 0 Å². The van der Waals surface area contributed by atoms with E-state index < -0.39 is 5.60 Å². The molecule has 1 amide bonds. The lowest BCUT2D eigenvalue weighted by Gasteiger charge is -2.38. The number of amides is 1. The Bertz CT molecular complexity index is 659. The van der Waals surface area contributed by atoms with Gasteiger partial charge in [0.15, 0.2) is 0 Å². The van der Waals surface area contributed by atoms with Crippen molar-refractivity contribution in [2.45, 2.75) is 44.6 Å². The number of nitrogens with one attached hydrogen (secondary N) is 1. The van der Waals surface area contributed by atoms with Crippen LogP contribution in [-0.4, -0.2) is 44.2 Å². The quantitative estimate of drug-likeness (QED) is 0.879. The van der Waals surface area contributed by atoms with Crippen molar-refractivity contribution in [2.24, 2.45) is 0 Å². The van der Waals surface area contributed by atoms with Gasteiger partial charge in [-0.2, -0.15) is 5.10 Å². The van der Waals surface area contributed by atoms with Crippen LogP contribution in [0, 0.1) is 6.92 Å². The van der Waals surface area contributed by atoms with Crippen molar-refractivity contribution in [2.75, 3.05) is 13.1 Å². The van der Waals surface area contributed by atoms with E-state index in [0.717, 1.165) is 24.0 Å². The average Bonchev–Trinajstić information content (AvgIpc) is 3.09. The summed E-state index contributed by atoms with van der Waals surface area (Å²) in [5.74, 6) is 0.164. The molecule has 24 heavy (non-hydrogen) atoms. The van der Waals surface area contributed by atoms with E-state index >= 15 is 0 Å². The molecular formula is C18H24N4O2. The van der Waals surface area contributed by atoms with Crippen LogP contribution in [0.2, 0.25) is 0 Å². The number of carbonyl (C=O) groups is 1. The minimum Gasteiger partial charge on any atom is -0.383 e. The maximum atomic E-state index is 12.3. The second-order valence-corrected chi connectivity index (χ2v) is 6.59. The third-order valence-electron chi connectivity index (χ3n) is 4.74. The lowest BCUT2D eigenvalue weighted by molar-refractivity contribution is -0.136. The smallest absolute Gasteiger partial charge is 0.222 e. The Morgan fingerprint density at radius 2 is 2.12 bits per heavy atom. The maximum absolute atomic E-state index is 12.3. The minimum absolute atomic E-state index is 0.164. The molecule has 0 radical (unpaired) electrons. The van der Waals surface area contributed by atoms with Crippen LogP contribution in [-0.2, 0) is 16.8 Å². The van der Waals surface area contributed by atoms with Gasteiger partial charge in [-0.1, -0.05) is 6.07 Å². The van der Waals surface area contributed by atoms with E-state index in [9.17, 15) is 9.90 Å². The number of aromatic amines is 1. The lowest BCUT2D eigenvalue weighted by atomic mass is 9.87. The molecule has 2 N–H and O–H groups in total. The molecule has 1 aliphatic heterocycles. The van der Waals surface area contributed by atoms with E-state index in [1.807, 2.05) is 30.2 Å². The fourth-order valence-electron chi connectivity index (χ4n) is 3.14. The van der Waals surface area contributed by atoms with Crippen molar-refractivity contribution in [1.82, 2.24) is 20.1 Å². The Labute approximate surface area is 141 Å². The number of carbonyl (C=O) groups excluding carboxylic acids is 1. The first-order chi connectivity index (χ1) is 11.6. The van der Waals surface area contributed by atoms with Crippen LogP contribution in [0.4, 0.5) is 0 Å². The van der Waals surface area contributed by atoms with Crippen molar-refractivity contribution < 1.29 is 9.90 Å². The Morgan fingerprint density at radius 1 is 1.33 bits per heavy atom. The Hall–Kier alpha value is -2.21. The van der Waals surface area contributed by atoms with Crippen LogP contribution in [0.25, 0.3) is 0 Å². The van der Waals surface area contributed by atoms with Gasteiger partial charge < -0.3 is 10.0 Å². The molecule has 0 aromatic carbocycles. The van der Waals surface area contributed by atoms with Gasteiger partial charge >= 0.3 is 0 Å². The second-order valence-electron chi connectivity index (χ2n) is 6.59. The van der Waals surface area contributed by atoms with Crippen LogP contribution in [0.1, 0.15) is 42.5 Å². The van der Waals surface area contributed by atoms with E-state index in [2.05, 4.69) is 15.2 Å². The fourth-order valence-corrected chi connectivity index (χ4v) is 3.14.